The van der Waals surface area contributed by atoms with Gasteiger partial charge in [-0.05, 0) is 30.3 Å². The number of amides is 1. The molecule has 3 aromatic rings. The number of halogens is 1. The van der Waals surface area contributed by atoms with Gasteiger partial charge in [-0.3, -0.25) is 14.3 Å². The van der Waals surface area contributed by atoms with Gasteiger partial charge in [0.2, 0.25) is 5.88 Å². The Morgan fingerprint density at radius 3 is 2.89 bits per heavy atom. The molecule has 1 fully saturated rings. The second kappa shape index (κ2) is 8.17. The van der Waals surface area contributed by atoms with E-state index in [2.05, 4.69) is 31.1 Å². The molecule has 1 amide bonds. The van der Waals surface area contributed by atoms with Crippen molar-refractivity contribution in [1.82, 2.24) is 9.55 Å². The van der Waals surface area contributed by atoms with Crippen molar-refractivity contribution < 1.29 is 19.5 Å². The van der Waals surface area contributed by atoms with Crippen molar-refractivity contribution >= 4 is 38.4 Å². The van der Waals surface area contributed by atoms with Crippen LogP contribution in [0, 0.1) is 0 Å². The van der Waals surface area contributed by atoms with Crippen LogP contribution in [0.1, 0.15) is 10.4 Å². The minimum absolute atomic E-state index is 0.00479. The van der Waals surface area contributed by atoms with E-state index in [1.807, 2.05) is 22.8 Å². The fourth-order valence-corrected chi connectivity index (χ4v) is 3.60. The molecule has 4 rings (SSSR count). The third-order valence-corrected chi connectivity index (χ3v) is 5.20. The number of carbonyl (C=O) groups excluding carboxylic acids is 1. The van der Waals surface area contributed by atoms with Crippen LogP contribution in [0.5, 0.6) is 5.88 Å². The molecule has 1 aromatic carbocycles. The molecule has 28 heavy (non-hydrogen) atoms. The summed E-state index contributed by atoms with van der Waals surface area (Å²) in [6.07, 6.45) is 3.02. The number of carbonyl (C=O) groups is 1. The van der Waals surface area contributed by atoms with E-state index in [1.165, 1.54) is 11.1 Å². The molecule has 3 heterocycles. The average molecular weight is 445 g/mol. The first kappa shape index (κ1) is 18.7. The molecule has 0 spiro atoms. The van der Waals surface area contributed by atoms with Gasteiger partial charge in [-0.2, -0.15) is 0 Å². The predicted molar refractivity (Wildman–Crippen MR) is 106 cm³/mol. The van der Waals surface area contributed by atoms with E-state index in [4.69, 9.17) is 4.74 Å². The lowest BCUT2D eigenvalue weighted by atomic mass is 10.2. The largest absolute Gasteiger partial charge is 0.493 e. The van der Waals surface area contributed by atoms with E-state index in [-0.39, 0.29) is 11.6 Å². The van der Waals surface area contributed by atoms with Crippen LogP contribution in [0.2, 0.25) is 0 Å². The predicted octanol–water partition coefficient (Wildman–Crippen LogP) is 2.30. The van der Waals surface area contributed by atoms with Gasteiger partial charge in [-0.25, -0.2) is 0 Å². The molecule has 0 aliphatic carbocycles. The van der Waals surface area contributed by atoms with Crippen LogP contribution >= 0.6 is 15.9 Å². The maximum absolute atomic E-state index is 12.2. The van der Waals surface area contributed by atoms with E-state index in [0.29, 0.717) is 25.4 Å². The standard InChI is InChI=1S/C19H18BrN5O3/c20-14-3-4-16-15(10-14)17(22-23-18(26)13-2-1-5-21-11-13)19(27)25(16)12-24-6-8-28-9-7-24/h1-5,10-11,27H,6-9,12H2/p+1. The van der Waals surface area contributed by atoms with Gasteiger partial charge in [0, 0.05) is 22.3 Å². The molecular formula is C19H19BrN5O3+. The van der Waals surface area contributed by atoms with E-state index in [9.17, 15) is 9.90 Å². The van der Waals surface area contributed by atoms with Crippen LogP contribution in [0.3, 0.4) is 0 Å². The van der Waals surface area contributed by atoms with Gasteiger partial charge in [0.1, 0.15) is 13.1 Å². The molecule has 1 aliphatic rings. The van der Waals surface area contributed by atoms with Crippen molar-refractivity contribution in [3.8, 4) is 5.88 Å². The molecule has 0 unspecified atom stereocenters. The lowest BCUT2D eigenvalue weighted by Crippen LogP contribution is -3.13. The van der Waals surface area contributed by atoms with Crippen LogP contribution < -0.4 is 4.90 Å². The highest BCUT2D eigenvalue weighted by Crippen LogP contribution is 2.39. The van der Waals surface area contributed by atoms with Crippen LogP contribution in [0.4, 0.5) is 5.69 Å². The van der Waals surface area contributed by atoms with Crippen LogP contribution in [0.15, 0.2) is 57.4 Å². The minimum Gasteiger partial charge on any atom is -0.493 e. The van der Waals surface area contributed by atoms with Crippen molar-refractivity contribution in [2.24, 2.45) is 10.2 Å². The Labute approximate surface area is 169 Å². The van der Waals surface area contributed by atoms with Crippen molar-refractivity contribution in [2.75, 3.05) is 26.3 Å². The number of quaternary nitrogens is 1. The Balaban J connectivity index is 1.71. The lowest BCUT2D eigenvalue weighted by Gasteiger charge is -2.24. The maximum Gasteiger partial charge on any atom is 0.296 e. The van der Waals surface area contributed by atoms with Gasteiger partial charge >= 0.3 is 0 Å². The average Bonchev–Trinajstić information content (AvgIpc) is 2.98. The summed E-state index contributed by atoms with van der Waals surface area (Å²) in [6, 6.07) is 8.98. The molecular weight excluding hydrogens is 426 g/mol. The van der Waals surface area contributed by atoms with E-state index in [1.54, 1.807) is 18.3 Å². The molecule has 1 aliphatic heterocycles. The van der Waals surface area contributed by atoms with Crippen molar-refractivity contribution in [2.45, 2.75) is 6.67 Å². The molecule has 0 bridgehead atoms. The molecule has 2 aromatic heterocycles. The number of benzene rings is 1. The quantitative estimate of drug-likeness (QED) is 0.603. The minimum atomic E-state index is -0.512. The number of ether oxygens (including phenoxy) is 1. The topological polar surface area (TPSA) is 93.5 Å². The number of hydrogen-bond acceptors (Lipinski definition) is 5. The molecule has 2 N–H and O–H groups in total. The molecule has 8 nitrogen and oxygen atoms in total. The van der Waals surface area contributed by atoms with Crippen molar-refractivity contribution in [3.63, 3.8) is 0 Å². The zero-order chi connectivity index (χ0) is 19.5. The Hall–Kier alpha value is -2.62. The summed E-state index contributed by atoms with van der Waals surface area (Å²) in [6.45, 7) is 3.72. The monoisotopic (exact) mass is 444 g/mol. The number of rotatable bonds is 4. The third kappa shape index (κ3) is 3.82. The molecule has 0 radical (unpaired) electrons. The van der Waals surface area contributed by atoms with E-state index in [0.717, 1.165) is 28.5 Å². The Morgan fingerprint density at radius 2 is 2.14 bits per heavy atom. The van der Waals surface area contributed by atoms with E-state index >= 15 is 0 Å². The summed E-state index contributed by atoms with van der Waals surface area (Å²) in [4.78, 5) is 17.5. The van der Waals surface area contributed by atoms with E-state index < -0.39 is 5.91 Å². The first-order valence-electron chi connectivity index (χ1n) is 8.91. The number of nitrogens with one attached hydrogen (secondary N) is 1. The second-order valence-corrected chi connectivity index (χ2v) is 7.44. The smallest absolute Gasteiger partial charge is 0.296 e. The third-order valence-electron chi connectivity index (χ3n) is 4.70. The first-order valence-corrected chi connectivity index (χ1v) is 9.71. The maximum atomic E-state index is 12.2. The van der Waals surface area contributed by atoms with Gasteiger partial charge in [0.05, 0.1) is 24.3 Å². The first-order chi connectivity index (χ1) is 13.6. The van der Waals surface area contributed by atoms with Gasteiger partial charge < -0.3 is 14.7 Å². The highest BCUT2D eigenvalue weighted by atomic mass is 79.9. The summed E-state index contributed by atoms with van der Waals surface area (Å²) in [7, 11) is 0. The summed E-state index contributed by atoms with van der Waals surface area (Å²) >= 11 is 3.46. The molecule has 0 atom stereocenters. The SMILES string of the molecule is O=C(N=Nc1c(O)n(C[NH+]2CCOCC2)c2ccc(Br)cc12)c1cccnc1. The van der Waals surface area contributed by atoms with Crippen LogP contribution in [-0.4, -0.2) is 46.9 Å². The van der Waals surface area contributed by atoms with Crippen LogP contribution in [0.25, 0.3) is 10.9 Å². The highest BCUT2D eigenvalue weighted by molar-refractivity contribution is 9.10. The number of morpholine rings is 1. The number of aromatic nitrogens is 2. The molecule has 144 valence electrons. The Bertz CT molecular complexity index is 1030. The van der Waals surface area contributed by atoms with Gasteiger partial charge in [-0.1, -0.05) is 15.9 Å². The molecule has 9 heteroatoms. The number of hydrogen-bond donors (Lipinski definition) is 2. The van der Waals surface area contributed by atoms with Gasteiger partial charge in [0.25, 0.3) is 5.91 Å². The number of azo groups is 1. The summed E-state index contributed by atoms with van der Waals surface area (Å²) in [5, 5.41) is 19.5. The van der Waals surface area contributed by atoms with Crippen molar-refractivity contribution in [3.05, 3.63) is 52.8 Å². The normalized spacial score (nSPS) is 15.5. The summed E-state index contributed by atoms with van der Waals surface area (Å²) in [5.41, 5.74) is 1.46. The van der Waals surface area contributed by atoms with Crippen molar-refractivity contribution in [1.29, 1.82) is 0 Å². The molecule has 0 saturated carbocycles. The number of pyridine rings is 1. The second-order valence-electron chi connectivity index (χ2n) is 6.53. The zero-order valence-corrected chi connectivity index (χ0v) is 16.6. The van der Waals surface area contributed by atoms with Crippen LogP contribution in [-0.2, 0) is 11.4 Å². The Morgan fingerprint density at radius 1 is 1.32 bits per heavy atom. The zero-order valence-electron chi connectivity index (χ0n) is 15.0. The molecule has 1 saturated heterocycles. The number of fused-ring (bicyclic) bond motifs is 1. The number of aromatic hydroxyl groups is 1. The highest BCUT2D eigenvalue weighted by Gasteiger charge is 2.22. The fraction of sp³-hybridized carbons (Fsp3) is 0.263. The number of nitrogens with zero attached hydrogens (tertiary/aromatic N) is 4. The van der Waals surface area contributed by atoms with Gasteiger partial charge in [-0.15, -0.1) is 10.2 Å². The summed E-state index contributed by atoms with van der Waals surface area (Å²) in [5.74, 6) is -0.517. The Kier molecular flexibility index (Phi) is 5.47. The fourth-order valence-electron chi connectivity index (χ4n) is 3.24. The van der Waals surface area contributed by atoms with Gasteiger partial charge in [0.15, 0.2) is 12.4 Å². The summed E-state index contributed by atoms with van der Waals surface area (Å²) < 4.78 is 8.07. The lowest BCUT2D eigenvalue weighted by molar-refractivity contribution is -0.930.